The third kappa shape index (κ3) is 2.87. The highest BCUT2D eigenvalue weighted by Crippen LogP contribution is 2.23. The van der Waals surface area contributed by atoms with Gasteiger partial charge in [0.2, 0.25) is 0 Å². The fraction of sp³-hybridized carbons (Fsp3) is 0.200. The van der Waals surface area contributed by atoms with Crippen molar-refractivity contribution in [2.45, 2.75) is 13.3 Å². The number of carbonyl (C=O) groups excluding carboxylic acids is 2. The molecular formula is C10H8ClNO4. The van der Waals surface area contributed by atoms with Crippen LogP contribution in [-0.4, -0.2) is 16.5 Å². The largest absolute Gasteiger partial charge is 0.300 e. The number of nitro groups is 1. The van der Waals surface area contributed by atoms with Crippen LogP contribution in [0.4, 0.5) is 5.69 Å². The highest BCUT2D eigenvalue weighted by molar-refractivity contribution is 6.31. The van der Waals surface area contributed by atoms with Crippen LogP contribution in [0.3, 0.4) is 0 Å². The molecule has 1 rings (SSSR count). The number of hydrogen-bond acceptors (Lipinski definition) is 4. The van der Waals surface area contributed by atoms with Gasteiger partial charge in [-0.2, -0.15) is 0 Å². The van der Waals surface area contributed by atoms with Crippen LogP contribution in [-0.2, 0) is 4.79 Å². The summed E-state index contributed by atoms with van der Waals surface area (Å²) in [5, 5.41) is 10.9. The van der Waals surface area contributed by atoms with Crippen molar-refractivity contribution >= 4 is 28.9 Å². The van der Waals surface area contributed by atoms with Gasteiger partial charge in [0.15, 0.2) is 5.78 Å². The van der Waals surface area contributed by atoms with Crippen molar-refractivity contribution in [1.82, 2.24) is 0 Å². The molecule has 6 heteroatoms. The third-order valence-electron chi connectivity index (χ3n) is 1.87. The van der Waals surface area contributed by atoms with E-state index < -0.39 is 10.7 Å². The Bertz CT molecular complexity index is 470. The first-order chi connectivity index (χ1) is 7.41. The van der Waals surface area contributed by atoms with Gasteiger partial charge in [-0.3, -0.25) is 19.7 Å². The van der Waals surface area contributed by atoms with Crippen molar-refractivity contribution in [3.8, 4) is 0 Å². The summed E-state index contributed by atoms with van der Waals surface area (Å²) in [6.45, 7) is 1.24. The van der Waals surface area contributed by atoms with E-state index in [0.29, 0.717) is 0 Å². The molecular weight excluding hydrogens is 234 g/mol. The quantitative estimate of drug-likeness (QED) is 0.351. The molecule has 84 valence electrons. The van der Waals surface area contributed by atoms with Gasteiger partial charge in [0.1, 0.15) is 5.78 Å². The minimum atomic E-state index is -0.677. The molecule has 5 nitrogen and oxygen atoms in total. The Kier molecular flexibility index (Phi) is 3.73. The van der Waals surface area contributed by atoms with Crippen LogP contribution in [0.25, 0.3) is 0 Å². The molecule has 0 saturated heterocycles. The number of carbonyl (C=O) groups is 2. The monoisotopic (exact) mass is 241 g/mol. The molecule has 0 aliphatic carbocycles. The highest BCUT2D eigenvalue weighted by Gasteiger charge is 2.21. The Hall–Kier alpha value is -1.75. The van der Waals surface area contributed by atoms with Crippen molar-refractivity contribution < 1.29 is 14.5 Å². The summed E-state index contributed by atoms with van der Waals surface area (Å²) in [4.78, 5) is 32.3. The number of Topliss-reactive ketones (excluding diaryl/α,β-unsaturated/α-hetero) is 2. The van der Waals surface area contributed by atoms with Gasteiger partial charge >= 0.3 is 0 Å². The molecule has 1 aromatic rings. The summed E-state index contributed by atoms with van der Waals surface area (Å²) in [6.07, 6.45) is -0.360. The molecule has 0 aromatic heterocycles. The number of nitro benzene ring substituents is 1. The molecule has 1 aromatic carbocycles. The van der Waals surface area contributed by atoms with E-state index in [4.69, 9.17) is 11.6 Å². The second kappa shape index (κ2) is 4.85. The fourth-order valence-electron chi connectivity index (χ4n) is 1.21. The van der Waals surface area contributed by atoms with Gasteiger partial charge in [-0.15, -0.1) is 0 Å². The van der Waals surface area contributed by atoms with E-state index >= 15 is 0 Å². The van der Waals surface area contributed by atoms with Gasteiger partial charge in [0.05, 0.1) is 16.9 Å². The average molecular weight is 242 g/mol. The summed E-state index contributed by atoms with van der Waals surface area (Å²) in [5.41, 5.74) is -0.469. The maximum absolute atomic E-state index is 11.5. The van der Waals surface area contributed by atoms with Crippen LogP contribution in [0.5, 0.6) is 0 Å². The molecule has 0 heterocycles. The molecule has 0 aliphatic rings. The topological polar surface area (TPSA) is 77.3 Å². The van der Waals surface area contributed by atoms with E-state index in [1.807, 2.05) is 0 Å². The number of rotatable bonds is 4. The Balaban J connectivity index is 3.19. The van der Waals surface area contributed by atoms with Crippen molar-refractivity contribution in [1.29, 1.82) is 0 Å². The molecule has 0 unspecified atom stereocenters. The van der Waals surface area contributed by atoms with Crippen LogP contribution in [0, 0.1) is 10.1 Å². The number of nitrogens with zero attached hydrogens (tertiary/aromatic N) is 1. The minimum Gasteiger partial charge on any atom is -0.300 e. The van der Waals surface area contributed by atoms with Gasteiger partial charge in [0, 0.05) is 11.1 Å². The van der Waals surface area contributed by atoms with E-state index in [1.165, 1.54) is 19.1 Å². The number of ketones is 2. The second-order valence-corrected chi connectivity index (χ2v) is 3.66. The summed E-state index contributed by atoms with van der Waals surface area (Å²) < 4.78 is 0. The lowest BCUT2D eigenvalue weighted by atomic mass is 10.0. The number of hydrogen-bond donors (Lipinski definition) is 0. The Labute approximate surface area is 96.2 Å². The van der Waals surface area contributed by atoms with Gasteiger partial charge in [0.25, 0.3) is 5.69 Å². The zero-order valence-electron chi connectivity index (χ0n) is 8.40. The molecule has 0 aliphatic heterocycles. The van der Waals surface area contributed by atoms with Gasteiger partial charge in [-0.1, -0.05) is 11.6 Å². The van der Waals surface area contributed by atoms with E-state index in [-0.39, 0.29) is 28.5 Å². The third-order valence-corrected chi connectivity index (χ3v) is 2.10. The van der Waals surface area contributed by atoms with Crippen molar-refractivity contribution in [2.24, 2.45) is 0 Å². The molecule has 0 spiro atoms. The molecule has 16 heavy (non-hydrogen) atoms. The Morgan fingerprint density at radius 3 is 2.56 bits per heavy atom. The lowest BCUT2D eigenvalue weighted by Gasteiger charge is -2.01. The first kappa shape index (κ1) is 12.3. The van der Waals surface area contributed by atoms with Gasteiger partial charge < -0.3 is 0 Å². The van der Waals surface area contributed by atoms with E-state index in [2.05, 4.69) is 0 Å². The van der Waals surface area contributed by atoms with E-state index in [0.717, 1.165) is 6.07 Å². The molecule has 0 N–H and O–H groups in total. The van der Waals surface area contributed by atoms with Crippen molar-refractivity contribution in [3.05, 3.63) is 38.9 Å². The van der Waals surface area contributed by atoms with E-state index in [1.54, 1.807) is 0 Å². The molecule has 0 bridgehead atoms. The summed E-state index contributed by atoms with van der Waals surface area (Å²) in [5.74, 6) is -0.944. The van der Waals surface area contributed by atoms with Crippen molar-refractivity contribution in [2.75, 3.05) is 0 Å². The predicted molar refractivity (Wildman–Crippen MR) is 57.7 cm³/mol. The lowest BCUT2D eigenvalue weighted by Crippen LogP contribution is -2.07. The SMILES string of the molecule is CC(=O)CC(=O)c1cc(Cl)ccc1[N+](=O)[O-]. The maximum Gasteiger partial charge on any atom is 0.280 e. The van der Waals surface area contributed by atoms with Crippen LogP contribution < -0.4 is 0 Å². The van der Waals surface area contributed by atoms with E-state index in [9.17, 15) is 19.7 Å². The van der Waals surface area contributed by atoms with Crippen LogP contribution in [0.15, 0.2) is 18.2 Å². The van der Waals surface area contributed by atoms with Crippen LogP contribution >= 0.6 is 11.6 Å². The first-order valence-corrected chi connectivity index (χ1v) is 4.76. The second-order valence-electron chi connectivity index (χ2n) is 3.22. The molecule has 0 atom stereocenters. The zero-order valence-corrected chi connectivity index (χ0v) is 9.15. The normalized spacial score (nSPS) is 9.88. The molecule has 0 saturated carbocycles. The Morgan fingerprint density at radius 2 is 2.06 bits per heavy atom. The fourth-order valence-corrected chi connectivity index (χ4v) is 1.38. The molecule has 0 amide bonds. The number of halogens is 1. The van der Waals surface area contributed by atoms with Crippen molar-refractivity contribution in [3.63, 3.8) is 0 Å². The molecule has 0 radical (unpaired) electrons. The van der Waals surface area contributed by atoms with Crippen LogP contribution in [0.1, 0.15) is 23.7 Å². The zero-order chi connectivity index (χ0) is 12.3. The van der Waals surface area contributed by atoms with Gasteiger partial charge in [-0.25, -0.2) is 0 Å². The summed E-state index contributed by atoms with van der Waals surface area (Å²) in [6, 6.07) is 3.67. The number of benzene rings is 1. The lowest BCUT2D eigenvalue weighted by molar-refractivity contribution is -0.385. The predicted octanol–water partition coefficient (Wildman–Crippen LogP) is 2.41. The standard InChI is InChI=1S/C10H8ClNO4/c1-6(13)4-10(14)8-5-7(11)2-3-9(8)12(15)16/h2-3,5H,4H2,1H3. The summed E-state index contributed by atoms with van der Waals surface area (Å²) in [7, 11) is 0. The average Bonchev–Trinajstić information content (AvgIpc) is 2.15. The first-order valence-electron chi connectivity index (χ1n) is 4.38. The minimum absolute atomic E-state index is 0.132. The smallest absolute Gasteiger partial charge is 0.280 e. The van der Waals surface area contributed by atoms with Crippen LogP contribution in [0.2, 0.25) is 5.02 Å². The maximum atomic E-state index is 11.5. The van der Waals surface area contributed by atoms with Gasteiger partial charge in [-0.05, 0) is 19.1 Å². The molecule has 0 fully saturated rings. The Morgan fingerprint density at radius 1 is 1.44 bits per heavy atom. The summed E-state index contributed by atoms with van der Waals surface area (Å²) >= 11 is 5.64. The highest BCUT2D eigenvalue weighted by atomic mass is 35.5.